The van der Waals surface area contributed by atoms with E-state index in [4.69, 9.17) is 4.74 Å². The third kappa shape index (κ3) is 4.47. The van der Waals surface area contributed by atoms with Crippen molar-refractivity contribution >= 4 is 40.0 Å². The summed E-state index contributed by atoms with van der Waals surface area (Å²) in [5, 5.41) is 12.2. The number of fused-ring (bicyclic) bond motifs is 1. The predicted octanol–water partition coefficient (Wildman–Crippen LogP) is 5.92. The number of anilines is 1. The standard InChI is InChI=1S/C31H28N2O5/c1-18(2)17-38-31(37)20-11-13-22(14-12-20)33-27(21-8-6-7-19(3)15-21)26(29(35)30(33)36)28(34)24-16-32-25-10-5-4-9-23(24)25/h4-16,18,27,32,34H,17H2,1-3H3/b28-26-. The molecule has 0 bridgehead atoms. The molecule has 2 N–H and O–H groups in total. The Balaban J connectivity index is 1.62. The van der Waals surface area contributed by atoms with Crippen LogP contribution < -0.4 is 4.90 Å². The maximum absolute atomic E-state index is 13.5. The SMILES string of the molecule is Cc1cccc(C2/C(=C(/O)c3c[nH]c4ccccc34)C(=O)C(=O)N2c2ccc(C(=O)OCC(C)C)cc2)c1. The van der Waals surface area contributed by atoms with Crippen LogP contribution in [0.4, 0.5) is 5.69 Å². The molecule has 7 nitrogen and oxygen atoms in total. The Morgan fingerprint density at radius 2 is 1.76 bits per heavy atom. The number of esters is 1. The van der Waals surface area contributed by atoms with Gasteiger partial charge in [0.05, 0.1) is 23.8 Å². The number of aromatic nitrogens is 1. The van der Waals surface area contributed by atoms with E-state index in [-0.39, 0.29) is 17.3 Å². The van der Waals surface area contributed by atoms with E-state index in [1.807, 2.05) is 69.3 Å². The lowest BCUT2D eigenvalue weighted by Gasteiger charge is -2.26. The minimum atomic E-state index is -0.859. The monoisotopic (exact) mass is 508 g/mol. The first-order chi connectivity index (χ1) is 18.3. The maximum Gasteiger partial charge on any atom is 0.338 e. The smallest absolute Gasteiger partial charge is 0.338 e. The molecule has 1 atom stereocenters. The number of aromatic amines is 1. The molecule has 1 aliphatic rings. The molecule has 0 aliphatic carbocycles. The summed E-state index contributed by atoms with van der Waals surface area (Å²) in [6.45, 7) is 6.13. The highest BCUT2D eigenvalue weighted by molar-refractivity contribution is 6.51. The topological polar surface area (TPSA) is 99.7 Å². The summed E-state index contributed by atoms with van der Waals surface area (Å²) < 4.78 is 5.30. The molecule has 2 heterocycles. The Morgan fingerprint density at radius 3 is 2.47 bits per heavy atom. The van der Waals surface area contributed by atoms with Crippen LogP contribution in [0.5, 0.6) is 0 Å². The van der Waals surface area contributed by atoms with Crippen LogP contribution in [-0.2, 0) is 14.3 Å². The molecule has 1 saturated heterocycles. The van der Waals surface area contributed by atoms with Crippen LogP contribution in [0.25, 0.3) is 16.7 Å². The van der Waals surface area contributed by atoms with Gasteiger partial charge in [-0.3, -0.25) is 14.5 Å². The van der Waals surface area contributed by atoms with Crippen molar-refractivity contribution in [3.63, 3.8) is 0 Å². The number of benzene rings is 3. The van der Waals surface area contributed by atoms with E-state index in [1.165, 1.54) is 4.90 Å². The van der Waals surface area contributed by atoms with Crippen molar-refractivity contribution in [3.05, 3.63) is 107 Å². The molecule has 38 heavy (non-hydrogen) atoms. The Morgan fingerprint density at radius 1 is 1.03 bits per heavy atom. The fourth-order valence-electron chi connectivity index (χ4n) is 4.75. The molecule has 5 rings (SSSR count). The Hall–Kier alpha value is -4.65. The van der Waals surface area contributed by atoms with E-state index in [0.717, 1.165) is 16.5 Å². The van der Waals surface area contributed by atoms with Crippen LogP contribution in [-0.4, -0.2) is 34.4 Å². The minimum Gasteiger partial charge on any atom is -0.507 e. The summed E-state index contributed by atoms with van der Waals surface area (Å²) in [5.74, 6) is -2.03. The summed E-state index contributed by atoms with van der Waals surface area (Å²) in [7, 11) is 0. The number of amides is 1. The molecule has 0 saturated carbocycles. The van der Waals surface area contributed by atoms with Gasteiger partial charge in [-0.15, -0.1) is 0 Å². The molecule has 4 aromatic rings. The summed E-state index contributed by atoms with van der Waals surface area (Å²) >= 11 is 0. The number of aryl methyl sites for hydroxylation is 1. The molecule has 0 radical (unpaired) electrons. The first-order valence-electron chi connectivity index (χ1n) is 12.5. The zero-order valence-corrected chi connectivity index (χ0v) is 21.4. The van der Waals surface area contributed by atoms with E-state index < -0.39 is 23.7 Å². The van der Waals surface area contributed by atoms with Gasteiger partial charge in [-0.1, -0.05) is 61.9 Å². The van der Waals surface area contributed by atoms with Gasteiger partial charge in [-0.25, -0.2) is 4.79 Å². The van der Waals surface area contributed by atoms with Crippen LogP contribution in [0.2, 0.25) is 0 Å². The van der Waals surface area contributed by atoms with Crippen molar-refractivity contribution in [3.8, 4) is 0 Å². The lowest BCUT2D eigenvalue weighted by Crippen LogP contribution is -2.29. The number of ether oxygens (including phenoxy) is 1. The van der Waals surface area contributed by atoms with Gasteiger partial charge < -0.3 is 14.8 Å². The van der Waals surface area contributed by atoms with Crippen molar-refractivity contribution in [1.29, 1.82) is 0 Å². The Kier molecular flexibility index (Phi) is 6.59. The summed E-state index contributed by atoms with van der Waals surface area (Å²) in [6.07, 6.45) is 1.64. The number of hydrogen-bond acceptors (Lipinski definition) is 5. The zero-order valence-electron chi connectivity index (χ0n) is 21.4. The van der Waals surface area contributed by atoms with Crippen LogP contribution in [0.15, 0.2) is 84.6 Å². The average Bonchev–Trinajstić information content (AvgIpc) is 3.46. The highest BCUT2D eigenvalue weighted by Crippen LogP contribution is 2.43. The Bertz CT molecular complexity index is 1580. The first kappa shape index (κ1) is 25.0. The van der Waals surface area contributed by atoms with Crippen LogP contribution >= 0.6 is 0 Å². The molecule has 7 heteroatoms. The van der Waals surface area contributed by atoms with Gasteiger partial charge in [-0.2, -0.15) is 0 Å². The summed E-state index contributed by atoms with van der Waals surface area (Å²) in [6, 6.07) is 20.5. The van der Waals surface area contributed by atoms with Gasteiger partial charge in [0, 0.05) is 28.4 Å². The van der Waals surface area contributed by atoms with Gasteiger partial charge in [0.1, 0.15) is 5.76 Å². The van der Waals surface area contributed by atoms with Crippen molar-refractivity contribution < 1.29 is 24.2 Å². The normalized spacial score (nSPS) is 16.9. The van der Waals surface area contributed by atoms with Gasteiger partial charge >= 0.3 is 5.97 Å². The number of ketones is 1. The first-order valence-corrected chi connectivity index (χ1v) is 12.5. The second kappa shape index (κ2) is 10.0. The third-order valence-electron chi connectivity index (χ3n) is 6.58. The van der Waals surface area contributed by atoms with E-state index in [2.05, 4.69) is 4.98 Å². The van der Waals surface area contributed by atoms with Crippen LogP contribution in [0.3, 0.4) is 0 Å². The fraction of sp³-hybridized carbons (Fsp3) is 0.194. The molecule has 1 unspecified atom stereocenters. The van der Waals surface area contributed by atoms with Crippen molar-refractivity contribution in [1.82, 2.24) is 4.98 Å². The maximum atomic E-state index is 13.5. The number of hydrogen-bond donors (Lipinski definition) is 2. The lowest BCUT2D eigenvalue weighted by atomic mass is 9.94. The van der Waals surface area contributed by atoms with E-state index in [9.17, 15) is 19.5 Å². The fourth-order valence-corrected chi connectivity index (χ4v) is 4.75. The highest BCUT2D eigenvalue weighted by atomic mass is 16.5. The lowest BCUT2D eigenvalue weighted by molar-refractivity contribution is -0.132. The molecular weight excluding hydrogens is 480 g/mol. The second-order valence-electron chi connectivity index (χ2n) is 9.87. The number of nitrogens with zero attached hydrogens (tertiary/aromatic N) is 1. The quantitative estimate of drug-likeness (QED) is 0.146. The van der Waals surface area contributed by atoms with Crippen LogP contribution in [0.1, 0.15) is 46.9 Å². The number of carbonyl (C=O) groups excluding carboxylic acids is 3. The molecule has 3 aromatic carbocycles. The van der Waals surface area contributed by atoms with E-state index in [0.29, 0.717) is 29.0 Å². The molecule has 1 amide bonds. The Labute approximate surface area is 220 Å². The van der Waals surface area contributed by atoms with E-state index >= 15 is 0 Å². The molecule has 192 valence electrons. The number of Topliss-reactive ketones (excluding diaryl/α,β-unsaturated/α-hetero) is 1. The van der Waals surface area contributed by atoms with E-state index in [1.54, 1.807) is 30.5 Å². The summed E-state index contributed by atoms with van der Waals surface area (Å²) in [5.41, 5.74) is 3.66. The number of nitrogens with one attached hydrogen (secondary N) is 1. The second-order valence-corrected chi connectivity index (χ2v) is 9.87. The van der Waals surface area contributed by atoms with Crippen molar-refractivity contribution in [2.24, 2.45) is 5.92 Å². The summed E-state index contributed by atoms with van der Waals surface area (Å²) in [4.78, 5) is 43.8. The van der Waals surface area contributed by atoms with Gasteiger partial charge in [0.15, 0.2) is 0 Å². The predicted molar refractivity (Wildman–Crippen MR) is 146 cm³/mol. The molecule has 1 aliphatic heterocycles. The number of rotatable bonds is 6. The number of aliphatic hydroxyl groups excluding tert-OH is 1. The molecule has 0 spiro atoms. The van der Waals surface area contributed by atoms with Gasteiger partial charge in [-0.05, 0) is 48.7 Å². The number of carbonyl (C=O) groups is 3. The highest BCUT2D eigenvalue weighted by Gasteiger charge is 2.47. The number of para-hydroxylation sites is 1. The third-order valence-corrected chi connectivity index (χ3v) is 6.58. The molecular formula is C31H28N2O5. The van der Waals surface area contributed by atoms with Crippen molar-refractivity contribution in [2.75, 3.05) is 11.5 Å². The van der Waals surface area contributed by atoms with Gasteiger partial charge in [0.25, 0.3) is 11.7 Å². The average molecular weight is 509 g/mol. The minimum absolute atomic E-state index is 0.00535. The largest absolute Gasteiger partial charge is 0.507 e. The zero-order chi connectivity index (χ0) is 27.0. The molecule has 1 aromatic heterocycles. The van der Waals surface area contributed by atoms with Crippen molar-refractivity contribution in [2.45, 2.75) is 26.8 Å². The number of H-pyrrole nitrogens is 1. The number of aliphatic hydroxyl groups is 1. The van der Waals surface area contributed by atoms with Gasteiger partial charge in [0.2, 0.25) is 0 Å². The molecule has 1 fully saturated rings. The van der Waals surface area contributed by atoms with Crippen LogP contribution in [0, 0.1) is 12.8 Å².